The Morgan fingerprint density at radius 1 is 2.00 bits per heavy atom. The molecule has 0 aliphatic carbocycles. The Labute approximate surface area is 37.3 Å². The molecule has 0 saturated heterocycles. The molecule has 0 aromatic carbocycles. The van der Waals surface area contributed by atoms with Gasteiger partial charge in [-0.1, -0.05) is 6.08 Å². The van der Waals surface area contributed by atoms with Gasteiger partial charge < -0.3 is 10.8 Å². The minimum Gasteiger partial charge on any atom is -0.379 e. The standard InChI is InChI=1S/C4H9NO/c1-2-3-4(5)6/h2,4,6H,1,3,5H2. The summed E-state index contributed by atoms with van der Waals surface area (Å²) < 4.78 is 0. The second-order valence-electron chi connectivity index (χ2n) is 1.09. The van der Waals surface area contributed by atoms with Gasteiger partial charge in [0.05, 0.1) is 0 Å². The van der Waals surface area contributed by atoms with Crippen molar-refractivity contribution in [1.82, 2.24) is 0 Å². The molecule has 0 radical (unpaired) electrons. The first-order valence-electron chi connectivity index (χ1n) is 1.82. The van der Waals surface area contributed by atoms with E-state index in [2.05, 4.69) is 6.58 Å². The number of rotatable bonds is 2. The molecular weight excluding hydrogens is 78.0 g/mol. The van der Waals surface area contributed by atoms with Crippen LogP contribution < -0.4 is 5.73 Å². The van der Waals surface area contributed by atoms with E-state index in [-0.39, 0.29) is 0 Å². The first kappa shape index (κ1) is 5.66. The van der Waals surface area contributed by atoms with Gasteiger partial charge in [-0.3, -0.25) is 0 Å². The Balaban J connectivity index is 2.81. The van der Waals surface area contributed by atoms with Crippen LogP contribution in [0.1, 0.15) is 6.42 Å². The predicted molar refractivity (Wildman–Crippen MR) is 25.0 cm³/mol. The predicted octanol–water partition coefficient (Wildman–Crippen LogP) is -0.160. The van der Waals surface area contributed by atoms with E-state index in [0.29, 0.717) is 6.42 Å². The number of hydrogen-bond donors (Lipinski definition) is 2. The summed E-state index contributed by atoms with van der Waals surface area (Å²) >= 11 is 0. The zero-order valence-electron chi connectivity index (χ0n) is 3.59. The molecule has 36 valence electrons. The van der Waals surface area contributed by atoms with Gasteiger partial charge >= 0.3 is 0 Å². The Kier molecular flexibility index (Phi) is 2.71. The van der Waals surface area contributed by atoms with Crippen LogP contribution in [0.5, 0.6) is 0 Å². The van der Waals surface area contributed by atoms with Crippen molar-refractivity contribution in [2.75, 3.05) is 0 Å². The van der Waals surface area contributed by atoms with Crippen molar-refractivity contribution in [3.05, 3.63) is 12.7 Å². The molecule has 0 spiro atoms. The molecule has 0 fully saturated rings. The molecule has 2 heteroatoms. The molecule has 6 heavy (non-hydrogen) atoms. The third kappa shape index (κ3) is 3.66. The summed E-state index contributed by atoms with van der Waals surface area (Å²) in [5.41, 5.74) is 4.89. The SMILES string of the molecule is C=CCC(N)O. The van der Waals surface area contributed by atoms with Crippen LogP contribution >= 0.6 is 0 Å². The van der Waals surface area contributed by atoms with Gasteiger partial charge in [0.15, 0.2) is 0 Å². The fraction of sp³-hybridized carbons (Fsp3) is 0.500. The molecule has 0 aliphatic rings. The normalized spacial score (nSPS) is 13.7. The molecule has 1 atom stereocenters. The quantitative estimate of drug-likeness (QED) is 0.363. The molecule has 0 aromatic rings. The number of nitrogens with two attached hydrogens (primary N) is 1. The van der Waals surface area contributed by atoms with Gasteiger partial charge in [0.1, 0.15) is 6.23 Å². The fourth-order valence-electron chi connectivity index (χ4n) is 0.171. The third-order valence-corrected chi connectivity index (χ3v) is 0.408. The molecule has 0 heterocycles. The van der Waals surface area contributed by atoms with Gasteiger partial charge in [0.2, 0.25) is 0 Å². The summed E-state index contributed by atoms with van der Waals surface area (Å²) in [7, 11) is 0. The highest BCUT2D eigenvalue weighted by molar-refractivity contribution is 4.67. The van der Waals surface area contributed by atoms with Gasteiger partial charge in [0, 0.05) is 6.42 Å². The van der Waals surface area contributed by atoms with Crippen molar-refractivity contribution in [2.45, 2.75) is 12.6 Å². The second-order valence-corrected chi connectivity index (χ2v) is 1.09. The van der Waals surface area contributed by atoms with Crippen LogP contribution in [0.3, 0.4) is 0 Å². The Morgan fingerprint density at radius 2 is 2.50 bits per heavy atom. The highest BCUT2D eigenvalue weighted by Gasteiger charge is 1.84. The average Bonchev–Trinajstić information content (AvgIpc) is 1.35. The molecule has 0 rings (SSSR count). The second kappa shape index (κ2) is 2.87. The maximum Gasteiger partial charge on any atom is 0.105 e. The summed E-state index contributed by atoms with van der Waals surface area (Å²) in [6, 6.07) is 0. The monoisotopic (exact) mass is 87.1 g/mol. The summed E-state index contributed by atoms with van der Waals surface area (Å²) in [6.07, 6.45) is 1.33. The molecule has 1 unspecified atom stereocenters. The maximum atomic E-state index is 8.26. The van der Waals surface area contributed by atoms with Crippen LogP contribution in [-0.4, -0.2) is 11.3 Å². The lowest BCUT2D eigenvalue weighted by molar-refractivity contribution is 0.186. The minimum absolute atomic E-state index is 0.472. The minimum atomic E-state index is -0.720. The van der Waals surface area contributed by atoms with Crippen molar-refractivity contribution < 1.29 is 5.11 Å². The van der Waals surface area contributed by atoms with E-state index in [0.717, 1.165) is 0 Å². The van der Waals surface area contributed by atoms with E-state index >= 15 is 0 Å². The van der Waals surface area contributed by atoms with E-state index in [9.17, 15) is 0 Å². The molecule has 0 aromatic heterocycles. The molecular formula is C4H9NO. The topological polar surface area (TPSA) is 46.2 Å². The average molecular weight is 87.1 g/mol. The molecule has 3 N–H and O–H groups in total. The summed E-state index contributed by atoms with van der Waals surface area (Å²) in [6.45, 7) is 3.36. The largest absolute Gasteiger partial charge is 0.379 e. The zero-order valence-corrected chi connectivity index (χ0v) is 3.59. The first-order chi connectivity index (χ1) is 2.77. The summed E-state index contributed by atoms with van der Waals surface area (Å²) in [5.74, 6) is 0. The molecule has 0 aliphatic heterocycles. The smallest absolute Gasteiger partial charge is 0.105 e. The Morgan fingerprint density at radius 3 is 2.50 bits per heavy atom. The molecule has 0 amide bonds. The van der Waals surface area contributed by atoms with Gasteiger partial charge in [-0.25, -0.2) is 0 Å². The van der Waals surface area contributed by atoms with Crippen LogP contribution in [0, 0.1) is 0 Å². The molecule has 0 saturated carbocycles. The fourth-order valence-corrected chi connectivity index (χ4v) is 0.171. The molecule has 2 nitrogen and oxygen atoms in total. The number of hydrogen-bond acceptors (Lipinski definition) is 2. The first-order valence-corrected chi connectivity index (χ1v) is 1.82. The van der Waals surface area contributed by atoms with Gasteiger partial charge in [0.25, 0.3) is 0 Å². The van der Waals surface area contributed by atoms with E-state index < -0.39 is 6.23 Å². The highest BCUT2D eigenvalue weighted by atomic mass is 16.3. The lowest BCUT2D eigenvalue weighted by atomic mass is 10.4. The van der Waals surface area contributed by atoms with Gasteiger partial charge in [-0.15, -0.1) is 6.58 Å². The van der Waals surface area contributed by atoms with Crippen molar-refractivity contribution in [3.63, 3.8) is 0 Å². The van der Waals surface area contributed by atoms with Crippen molar-refractivity contribution in [2.24, 2.45) is 5.73 Å². The van der Waals surface area contributed by atoms with E-state index in [1.54, 1.807) is 6.08 Å². The van der Waals surface area contributed by atoms with Gasteiger partial charge in [-0.2, -0.15) is 0 Å². The summed E-state index contributed by atoms with van der Waals surface area (Å²) in [5, 5.41) is 8.26. The van der Waals surface area contributed by atoms with E-state index in [1.807, 2.05) is 0 Å². The highest BCUT2D eigenvalue weighted by Crippen LogP contribution is 1.78. The van der Waals surface area contributed by atoms with Crippen LogP contribution in [0.15, 0.2) is 12.7 Å². The van der Waals surface area contributed by atoms with Gasteiger partial charge in [-0.05, 0) is 0 Å². The van der Waals surface area contributed by atoms with E-state index in [4.69, 9.17) is 10.8 Å². The van der Waals surface area contributed by atoms with Crippen LogP contribution in [-0.2, 0) is 0 Å². The lowest BCUT2D eigenvalue weighted by Crippen LogP contribution is -2.16. The van der Waals surface area contributed by atoms with Crippen molar-refractivity contribution >= 4 is 0 Å². The van der Waals surface area contributed by atoms with E-state index in [1.165, 1.54) is 0 Å². The van der Waals surface area contributed by atoms with Crippen molar-refractivity contribution in [1.29, 1.82) is 0 Å². The summed E-state index contributed by atoms with van der Waals surface area (Å²) in [4.78, 5) is 0. The zero-order chi connectivity index (χ0) is 4.99. The van der Waals surface area contributed by atoms with Crippen LogP contribution in [0.2, 0.25) is 0 Å². The Hall–Kier alpha value is -0.340. The third-order valence-electron chi connectivity index (χ3n) is 0.408. The number of aliphatic hydroxyl groups is 1. The lowest BCUT2D eigenvalue weighted by Gasteiger charge is -1.93. The van der Waals surface area contributed by atoms with Crippen LogP contribution in [0.4, 0.5) is 0 Å². The number of aliphatic hydroxyl groups excluding tert-OH is 1. The van der Waals surface area contributed by atoms with Crippen molar-refractivity contribution in [3.8, 4) is 0 Å². The molecule has 0 bridgehead atoms. The van der Waals surface area contributed by atoms with Crippen LogP contribution in [0.25, 0.3) is 0 Å². The Bertz CT molecular complexity index is 42.8. The maximum absolute atomic E-state index is 8.26.